The van der Waals surface area contributed by atoms with E-state index in [2.05, 4.69) is 23.7 Å². The molecule has 2 rings (SSSR count). The summed E-state index contributed by atoms with van der Waals surface area (Å²) in [5, 5.41) is 2.75. The second kappa shape index (κ2) is 4.72. The smallest absolute Gasteiger partial charge is 0.196 e. The van der Waals surface area contributed by atoms with Gasteiger partial charge in [-0.3, -0.25) is 4.79 Å². The second-order valence-electron chi connectivity index (χ2n) is 4.43. The molecule has 0 aromatic carbocycles. The minimum Gasteiger partial charge on any atom is -0.348 e. The van der Waals surface area contributed by atoms with E-state index in [1.807, 2.05) is 0 Å². The van der Waals surface area contributed by atoms with Gasteiger partial charge in [0.05, 0.1) is 5.88 Å². The van der Waals surface area contributed by atoms with Crippen molar-refractivity contribution in [3.63, 3.8) is 0 Å². The second-order valence-corrected chi connectivity index (χ2v) is 5.54. The van der Waals surface area contributed by atoms with Crippen LogP contribution in [-0.4, -0.2) is 29.7 Å². The number of halogens is 1. The molecule has 0 N–H and O–H groups in total. The number of ketones is 1. The monoisotopic (exact) mass is 258 g/mol. The zero-order valence-corrected chi connectivity index (χ0v) is 11.0. The molecule has 0 spiro atoms. The molecule has 0 amide bonds. The standard InChI is InChI=1S/C11H15ClN2OS/c1-7-4-14(5-8(7)2)11-13-9(6-16-11)10(15)3-12/h6-8H,3-5H2,1-2H3. The lowest BCUT2D eigenvalue weighted by Crippen LogP contribution is -2.19. The van der Waals surface area contributed by atoms with Gasteiger partial charge in [-0.2, -0.15) is 0 Å². The molecule has 1 aromatic heterocycles. The van der Waals surface area contributed by atoms with Gasteiger partial charge in [0.1, 0.15) is 5.69 Å². The van der Waals surface area contributed by atoms with E-state index in [1.54, 1.807) is 5.38 Å². The summed E-state index contributed by atoms with van der Waals surface area (Å²) in [7, 11) is 0. The molecule has 16 heavy (non-hydrogen) atoms. The van der Waals surface area contributed by atoms with Gasteiger partial charge in [-0.05, 0) is 11.8 Å². The average molecular weight is 259 g/mol. The van der Waals surface area contributed by atoms with E-state index in [0.29, 0.717) is 17.5 Å². The van der Waals surface area contributed by atoms with Crippen LogP contribution in [0.5, 0.6) is 0 Å². The van der Waals surface area contributed by atoms with E-state index in [9.17, 15) is 4.79 Å². The highest BCUT2D eigenvalue weighted by Gasteiger charge is 2.28. The van der Waals surface area contributed by atoms with Gasteiger partial charge in [-0.1, -0.05) is 13.8 Å². The Hall–Kier alpha value is -0.610. The molecule has 2 atom stereocenters. The van der Waals surface area contributed by atoms with Crippen LogP contribution in [0.1, 0.15) is 24.3 Å². The maximum absolute atomic E-state index is 11.4. The summed E-state index contributed by atoms with van der Waals surface area (Å²) in [5.41, 5.74) is 0.502. The summed E-state index contributed by atoms with van der Waals surface area (Å²) in [4.78, 5) is 18.0. The summed E-state index contributed by atoms with van der Waals surface area (Å²) >= 11 is 7.03. The highest BCUT2D eigenvalue weighted by atomic mass is 35.5. The first-order valence-corrected chi connectivity index (χ1v) is 6.83. The van der Waals surface area contributed by atoms with Crippen LogP contribution in [-0.2, 0) is 0 Å². The van der Waals surface area contributed by atoms with Crippen LogP contribution >= 0.6 is 22.9 Å². The van der Waals surface area contributed by atoms with Crippen LogP contribution in [0.25, 0.3) is 0 Å². The number of thiazole rings is 1. The molecule has 2 heterocycles. The highest BCUT2D eigenvalue weighted by Crippen LogP contribution is 2.29. The summed E-state index contributed by atoms with van der Waals surface area (Å²) in [6.45, 7) is 6.57. The molecule has 88 valence electrons. The van der Waals surface area contributed by atoms with E-state index < -0.39 is 0 Å². The number of hydrogen-bond donors (Lipinski definition) is 0. The van der Waals surface area contributed by atoms with Gasteiger partial charge in [0.25, 0.3) is 0 Å². The van der Waals surface area contributed by atoms with Gasteiger partial charge >= 0.3 is 0 Å². The summed E-state index contributed by atoms with van der Waals surface area (Å²) < 4.78 is 0. The quantitative estimate of drug-likeness (QED) is 0.617. The molecule has 1 fully saturated rings. The lowest BCUT2D eigenvalue weighted by atomic mass is 10.0. The van der Waals surface area contributed by atoms with Crippen molar-refractivity contribution in [3.8, 4) is 0 Å². The van der Waals surface area contributed by atoms with Crippen LogP contribution in [0.4, 0.5) is 5.13 Å². The number of alkyl halides is 1. The molecule has 0 bridgehead atoms. The third-order valence-electron chi connectivity index (χ3n) is 3.16. The first kappa shape index (κ1) is 11.9. The van der Waals surface area contributed by atoms with E-state index in [1.165, 1.54) is 11.3 Å². The summed E-state index contributed by atoms with van der Waals surface area (Å²) in [5.74, 6) is 1.30. The minimum atomic E-state index is -0.0931. The highest BCUT2D eigenvalue weighted by molar-refractivity contribution is 7.14. The van der Waals surface area contributed by atoms with Crippen LogP contribution in [0.15, 0.2) is 5.38 Å². The lowest BCUT2D eigenvalue weighted by Gasteiger charge is -2.13. The predicted octanol–water partition coefficient (Wildman–Crippen LogP) is 2.66. The molecule has 3 nitrogen and oxygen atoms in total. The molecule has 5 heteroatoms. The Labute approximate surface area is 104 Å². The van der Waals surface area contributed by atoms with E-state index in [0.717, 1.165) is 18.2 Å². The maximum Gasteiger partial charge on any atom is 0.196 e. The summed E-state index contributed by atoms with van der Waals surface area (Å²) in [6, 6.07) is 0. The Bertz CT molecular complexity index is 383. The third kappa shape index (κ3) is 2.23. The fourth-order valence-electron chi connectivity index (χ4n) is 1.89. The molecule has 2 unspecified atom stereocenters. The van der Waals surface area contributed by atoms with Gasteiger partial charge in [-0.25, -0.2) is 4.98 Å². The van der Waals surface area contributed by atoms with Crippen LogP contribution < -0.4 is 4.90 Å². The first-order valence-electron chi connectivity index (χ1n) is 5.41. The zero-order valence-electron chi connectivity index (χ0n) is 9.44. The zero-order chi connectivity index (χ0) is 11.7. The normalized spacial score (nSPS) is 25.1. The molecular formula is C11H15ClN2OS. The van der Waals surface area contributed by atoms with Gasteiger partial charge in [0, 0.05) is 18.5 Å². The largest absolute Gasteiger partial charge is 0.348 e. The SMILES string of the molecule is CC1CN(c2nc(C(=O)CCl)cs2)CC1C. The Morgan fingerprint density at radius 1 is 1.56 bits per heavy atom. The van der Waals surface area contributed by atoms with Gasteiger partial charge in [0.15, 0.2) is 10.9 Å². The molecular weight excluding hydrogens is 244 g/mol. The number of hydrogen-bond acceptors (Lipinski definition) is 4. The van der Waals surface area contributed by atoms with Crippen molar-refractivity contribution in [2.75, 3.05) is 23.9 Å². The first-order chi connectivity index (χ1) is 7.61. The Morgan fingerprint density at radius 2 is 2.19 bits per heavy atom. The minimum absolute atomic E-state index is 0.00990. The fourth-order valence-corrected chi connectivity index (χ4v) is 2.88. The average Bonchev–Trinajstić information content (AvgIpc) is 2.86. The van der Waals surface area contributed by atoms with E-state index in [4.69, 9.17) is 11.6 Å². The number of anilines is 1. The van der Waals surface area contributed by atoms with Crippen molar-refractivity contribution >= 4 is 33.9 Å². The fraction of sp³-hybridized carbons (Fsp3) is 0.636. The van der Waals surface area contributed by atoms with Crippen molar-refractivity contribution in [2.24, 2.45) is 11.8 Å². The third-order valence-corrected chi connectivity index (χ3v) is 4.30. The van der Waals surface area contributed by atoms with Crippen LogP contribution in [0.2, 0.25) is 0 Å². The lowest BCUT2D eigenvalue weighted by molar-refractivity contribution is 0.101. The molecule has 0 aliphatic carbocycles. The Morgan fingerprint density at radius 3 is 2.75 bits per heavy atom. The van der Waals surface area contributed by atoms with Crippen molar-refractivity contribution in [1.82, 2.24) is 4.98 Å². The van der Waals surface area contributed by atoms with E-state index >= 15 is 0 Å². The van der Waals surface area contributed by atoms with Crippen molar-refractivity contribution in [1.29, 1.82) is 0 Å². The Balaban J connectivity index is 2.11. The number of aromatic nitrogens is 1. The molecule has 1 aliphatic rings. The number of carbonyl (C=O) groups is 1. The predicted molar refractivity (Wildman–Crippen MR) is 67.7 cm³/mol. The number of rotatable bonds is 3. The molecule has 1 aliphatic heterocycles. The number of Topliss-reactive ketones (excluding diaryl/α,β-unsaturated/α-hetero) is 1. The van der Waals surface area contributed by atoms with Gasteiger partial charge in [0.2, 0.25) is 0 Å². The van der Waals surface area contributed by atoms with Gasteiger partial charge in [-0.15, -0.1) is 22.9 Å². The molecule has 0 saturated carbocycles. The van der Waals surface area contributed by atoms with Crippen LogP contribution in [0.3, 0.4) is 0 Å². The number of carbonyl (C=O) groups excluding carboxylic acids is 1. The van der Waals surface area contributed by atoms with Crippen molar-refractivity contribution in [3.05, 3.63) is 11.1 Å². The van der Waals surface area contributed by atoms with Crippen molar-refractivity contribution in [2.45, 2.75) is 13.8 Å². The Kier molecular flexibility index (Phi) is 3.50. The maximum atomic E-state index is 11.4. The van der Waals surface area contributed by atoms with Gasteiger partial charge < -0.3 is 4.90 Å². The molecule has 1 saturated heterocycles. The molecule has 0 radical (unpaired) electrons. The molecule has 1 aromatic rings. The number of nitrogens with zero attached hydrogens (tertiary/aromatic N) is 2. The topological polar surface area (TPSA) is 33.2 Å². The summed E-state index contributed by atoms with van der Waals surface area (Å²) in [6.07, 6.45) is 0. The van der Waals surface area contributed by atoms with E-state index in [-0.39, 0.29) is 11.7 Å². The van der Waals surface area contributed by atoms with Crippen LogP contribution in [0, 0.1) is 11.8 Å². The van der Waals surface area contributed by atoms with Crippen molar-refractivity contribution < 1.29 is 4.79 Å².